The van der Waals surface area contributed by atoms with Gasteiger partial charge >= 0.3 is 0 Å². The predicted octanol–water partition coefficient (Wildman–Crippen LogP) is 5.09. The number of hydrogen-bond donors (Lipinski definition) is 2. The van der Waals surface area contributed by atoms with Crippen molar-refractivity contribution in [1.29, 1.82) is 0 Å². The molecule has 0 bridgehead atoms. The Balaban J connectivity index is 1.48. The number of ether oxygens (including phenoxy) is 2. The van der Waals surface area contributed by atoms with E-state index in [1.54, 1.807) is 12.1 Å². The molecule has 0 aromatic heterocycles. The van der Waals surface area contributed by atoms with Crippen molar-refractivity contribution in [1.82, 2.24) is 10.6 Å². The molecule has 2 aliphatic heterocycles. The molecule has 0 aliphatic carbocycles. The maximum atomic E-state index is 13.6. The highest BCUT2D eigenvalue weighted by Crippen LogP contribution is 2.35. The van der Waals surface area contributed by atoms with Crippen LogP contribution in [-0.4, -0.2) is 18.6 Å². The summed E-state index contributed by atoms with van der Waals surface area (Å²) in [5, 5.41) is 6.19. The average molecular weight is 487 g/mol. The number of fused-ring (bicyclic) bond motifs is 1. The summed E-state index contributed by atoms with van der Waals surface area (Å²) in [6.07, 6.45) is 5.06. The molecule has 6 nitrogen and oxygen atoms in total. The van der Waals surface area contributed by atoms with Crippen LogP contribution in [0.2, 0.25) is 0 Å². The second-order valence-corrected chi connectivity index (χ2v) is 8.96. The summed E-state index contributed by atoms with van der Waals surface area (Å²) in [5.41, 5.74) is 2.46. The molecular weight excluding hydrogens is 459 g/mol. The molecule has 3 atom stereocenters. The quantitative estimate of drug-likeness (QED) is 0.506. The van der Waals surface area contributed by atoms with Crippen LogP contribution in [0.25, 0.3) is 0 Å². The topological polar surface area (TPSA) is 76.7 Å². The maximum Gasteiger partial charge on any atom is 0.231 e. The first-order valence-corrected chi connectivity index (χ1v) is 12.0. The first-order valence-electron chi connectivity index (χ1n) is 12.0. The van der Waals surface area contributed by atoms with Crippen molar-refractivity contribution in [3.63, 3.8) is 0 Å². The van der Waals surface area contributed by atoms with Gasteiger partial charge in [0.25, 0.3) is 0 Å². The highest BCUT2D eigenvalue weighted by molar-refractivity contribution is 5.90. The number of hydrogen-bond acceptors (Lipinski definition) is 4. The van der Waals surface area contributed by atoms with E-state index in [1.165, 1.54) is 12.1 Å². The molecule has 5 rings (SSSR count). The van der Waals surface area contributed by atoms with Crippen molar-refractivity contribution >= 4 is 11.8 Å². The average Bonchev–Trinajstić information content (AvgIpc) is 3.36. The third-order valence-electron chi connectivity index (χ3n) is 6.54. The fraction of sp³-hybridized carbons (Fsp3) is 0.241. The molecule has 0 unspecified atom stereocenters. The summed E-state index contributed by atoms with van der Waals surface area (Å²) in [7, 11) is 0. The van der Waals surface area contributed by atoms with Crippen LogP contribution in [-0.2, 0) is 9.59 Å². The van der Waals surface area contributed by atoms with Gasteiger partial charge in [-0.1, -0.05) is 60.7 Å². The Morgan fingerprint density at radius 1 is 0.722 bits per heavy atom. The van der Waals surface area contributed by atoms with Gasteiger partial charge in [-0.15, -0.1) is 0 Å². The van der Waals surface area contributed by atoms with E-state index in [9.17, 15) is 14.0 Å². The van der Waals surface area contributed by atoms with Gasteiger partial charge in [0.1, 0.15) is 5.82 Å². The molecule has 2 aliphatic rings. The number of halogens is 1. The zero-order valence-electron chi connectivity index (χ0n) is 19.7. The minimum atomic E-state index is -0.667. The van der Waals surface area contributed by atoms with E-state index in [-0.39, 0.29) is 42.9 Å². The van der Waals surface area contributed by atoms with Crippen molar-refractivity contribution in [3.8, 4) is 11.5 Å². The molecule has 0 fully saturated rings. The van der Waals surface area contributed by atoms with Gasteiger partial charge in [0, 0.05) is 6.42 Å². The van der Waals surface area contributed by atoms with Crippen molar-refractivity contribution in [2.75, 3.05) is 6.79 Å². The Hall–Kier alpha value is -4.13. The van der Waals surface area contributed by atoms with Gasteiger partial charge in [-0.25, -0.2) is 4.39 Å². The van der Waals surface area contributed by atoms with Gasteiger partial charge in [0.2, 0.25) is 18.6 Å². The Kier molecular flexibility index (Phi) is 6.98. The van der Waals surface area contributed by atoms with Crippen molar-refractivity contribution in [3.05, 3.63) is 107 Å². The molecule has 2 amide bonds. The van der Waals surface area contributed by atoms with Gasteiger partial charge in [0.15, 0.2) is 11.5 Å². The van der Waals surface area contributed by atoms with E-state index in [4.69, 9.17) is 9.47 Å². The van der Waals surface area contributed by atoms with Gasteiger partial charge in [-0.05, 0) is 53.8 Å². The predicted molar refractivity (Wildman–Crippen MR) is 133 cm³/mol. The molecule has 7 heteroatoms. The Morgan fingerprint density at radius 3 is 2.14 bits per heavy atom. The SMILES string of the molecule is O=C1C[C@H](c2ccccc2)C(=O)N[C@H](c2ccc3c(c2)OCO3)C/C=C\C[C@@H](c2ccc(F)cc2)N1. The van der Waals surface area contributed by atoms with Gasteiger partial charge < -0.3 is 20.1 Å². The van der Waals surface area contributed by atoms with Crippen LogP contribution >= 0.6 is 0 Å². The summed E-state index contributed by atoms with van der Waals surface area (Å²) in [5.74, 6) is -0.156. The molecule has 2 heterocycles. The number of benzene rings is 3. The van der Waals surface area contributed by atoms with E-state index in [2.05, 4.69) is 10.6 Å². The first-order chi connectivity index (χ1) is 17.6. The normalized spacial score (nSPS) is 23.1. The molecule has 0 saturated carbocycles. The Labute approximate surface area is 209 Å². The van der Waals surface area contributed by atoms with Crippen molar-refractivity contribution in [2.24, 2.45) is 0 Å². The van der Waals surface area contributed by atoms with Crippen LogP contribution in [0, 0.1) is 5.82 Å². The third kappa shape index (κ3) is 5.40. The number of rotatable bonds is 3. The molecule has 184 valence electrons. The zero-order chi connectivity index (χ0) is 24.9. The lowest BCUT2D eigenvalue weighted by Gasteiger charge is -2.25. The van der Waals surface area contributed by atoms with E-state index in [0.717, 1.165) is 16.7 Å². The highest BCUT2D eigenvalue weighted by atomic mass is 19.1. The lowest BCUT2D eigenvalue weighted by molar-refractivity contribution is -0.128. The van der Waals surface area contributed by atoms with Crippen LogP contribution in [0.1, 0.15) is 54.0 Å². The van der Waals surface area contributed by atoms with Crippen LogP contribution in [0.3, 0.4) is 0 Å². The molecule has 3 aromatic carbocycles. The second-order valence-electron chi connectivity index (χ2n) is 8.96. The summed E-state index contributed by atoms with van der Waals surface area (Å²) in [6.45, 7) is 0.172. The van der Waals surface area contributed by atoms with Crippen molar-refractivity contribution < 1.29 is 23.5 Å². The van der Waals surface area contributed by atoms with Crippen LogP contribution in [0.5, 0.6) is 11.5 Å². The number of carbonyl (C=O) groups is 2. The number of amides is 2. The van der Waals surface area contributed by atoms with E-state index < -0.39 is 5.92 Å². The minimum absolute atomic E-state index is 0.00881. The van der Waals surface area contributed by atoms with Crippen LogP contribution in [0.4, 0.5) is 4.39 Å². The van der Waals surface area contributed by atoms with E-state index in [1.807, 2.05) is 60.7 Å². The van der Waals surface area contributed by atoms with E-state index >= 15 is 0 Å². The minimum Gasteiger partial charge on any atom is -0.454 e. The smallest absolute Gasteiger partial charge is 0.231 e. The molecule has 0 saturated heterocycles. The lowest BCUT2D eigenvalue weighted by atomic mass is 9.92. The molecule has 0 radical (unpaired) electrons. The fourth-order valence-electron chi connectivity index (χ4n) is 4.60. The second kappa shape index (κ2) is 10.6. The molecule has 36 heavy (non-hydrogen) atoms. The zero-order valence-corrected chi connectivity index (χ0v) is 19.7. The monoisotopic (exact) mass is 486 g/mol. The third-order valence-corrected chi connectivity index (χ3v) is 6.54. The highest BCUT2D eigenvalue weighted by Gasteiger charge is 2.28. The summed E-state index contributed by atoms with van der Waals surface area (Å²) in [4.78, 5) is 26.7. The number of nitrogens with one attached hydrogen (secondary N) is 2. The number of carbonyl (C=O) groups excluding carboxylic acids is 2. The molecule has 2 N–H and O–H groups in total. The maximum absolute atomic E-state index is 13.6. The van der Waals surface area contributed by atoms with Gasteiger partial charge in [-0.3, -0.25) is 9.59 Å². The van der Waals surface area contributed by atoms with Crippen molar-refractivity contribution in [2.45, 2.75) is 37.3 Å². The lowest BCUT2D eigenvalue weighted by Crippen LogP contribution is -2.37. The molecule has 3 aromatic rings. The van der Waals surface area contributed by atoms with E-state index in [0.29, 0.717) is 24.3 Å². The van der Waals surface area contributed by atoms with Gasteiger partial charge in [0.05, 0.1) is 18.0 Å². The van der Waals surface area contributed by atoms with Crippen LogP contribution in [0.15, 0.2) is 84.9 Å². The summed E-state index contributed by atoms with van der Waals surface area (Å²) < 4.78 is 24.5. The summed E-state index contributed by atoms with van der Waals surface area (Å²) >= 11 is 0. The molecule has 0 spiro atoms. The van der Waals surface area contributed by atoms with Gasteiger partial charge in [-0.2, -0.15) is 0 Å². The first kappa shape index (κ1) is 23.6. The Bertz CT molecular complexity index is 1260. The Morgan fingerprint density at radius 2 is 1.39 bits per heavy atom. The fourth-order valence-corrected chi connectivity index (χ4v) is 4.60. The molecular formula is C29H27FN2O4. The largest absolute Gasteiger partial charge is 0.454 e. The summed E-state index contributed by atoms with van der Waals surface area (Å²) in [6, 6.07) is 20.4. The van der Waals surface area contributed by atoms with Crippen LogP contribution < -0.4 is 20.1 Å². The standard InChI is InChI=1S/C29H27FN2O4/c30-22-13-10-20(11-14-22)24-8-4-5-9-25(21-12-15-26-27(16-21)36-18-35-26)32-29(34)23(17-28(33)31-24)19-6-2-1-3-7-19/h1-7,10-16,23-25H,8-9,17-18H2,(H,31,33)(H,32,34)/b5-4-/t23-,24+,25+/m1/s1.